The molecular formula is C13H22BrClN2O2S. The Kier molecular flexibility index (Phi) is 8.93. The second-order valence-corrected chi connectivity index (χ2v) is 7.17. The molecule has 0 radical (unpaired) electrons. The van der Waals surface area contributed by atoms with Crippen molar-refractivity contribution < 1.29 is 8.42 Å². The summed E-state index contributed by atoms with van der Waals surface area (Å²) in [5.74, 6) is 0. The van der Waals surface area contributed by atoms with Gasteiger partial charge in [0.15, 0.2) is 0 Å². The van der Waals surface area contributed by atoms with E-state index in [1.165, 1.54) is 0 Å². The van der Waals surface area contributed by atoms with Crippen LogP contribution in [0, 0.1) is 6.92 Å². The first-order chi connectivity index (χ1) is 8.90. The van der Waals surface area contributed by atoms with Crippen molar-refractivity contribution in [2.75, 3.05) is 6.54 Å². The molecule has 20 heavy (non-hydrogen) atoms. The molecular weight excluding hydrogens is 364 g/mol. The number of aryl methyl sites for hydroxylation is 1. The fourth-order valence-corrected chi connectivity index (χ4v) is 4.26. The first-order valence-electron chi connectivity index (χ1n) is 6.39. The Bertz CT molecular complexity index is 523. The molecule has 4 nitrogen and oxygen atoms in total. The molecule has 0 bridgehead atoms. The Labute approximate surface area is 136 Å². The van der Waals surface area contributed by atoms with Crippen LogP contribution in [-0.2, 0) is 10.0 Å². The summed E-state index contributed by atoms with van der Waals surface area (Å²) in [5, 5.41) is 0. The van der Waals surface area contributed by atoms with Crippen molar-refractivity contribution in [3.63, 3.8) is 0 Å². The van der Waals surface area contributed by atoms with Gasteiger partial charge in [-0.15, -0.1) is 12.4 Å². The van der Waals surface area contributed by atoms with Crippen molar-refractivity contribution in [2.45, 2.75) is 44.0 Å². The molecule has 0 aliphatic carbocycles. The van der Waals surface area contributed by atoms with Gasteiger partial charge in [0.2, 0.25) is 10.0 Å². The number of nitrogens with one attached hydrogen (secondary N) is 1. The molecule has 1 aromatic rings. The molecule has 116 valence electrons. The van der Waals surface area contributed by atoms with Gasteiger partial charge in [0, 0.05) is 17.1 Å². The predicted molar refractivity (Wildman–Crippen MR) is 88.8 cm³/mol. The maximum absolute atomic E-state index is 12.3. The number of halogens is 2. The Morgan fingerprint density at radius 3 is 2.55 bits per heavy atom. The Balaban J connectivity index is 0.00000361. The summed E-state index contributed by atoms with van der Waals surface area (Å²) in [6, 6.07) is 4.97. The monoisotopic (exact) mass is 384 g/mol. The van der Waals surface area contributed by atoms with Crippen LogP contribution in [0.3, 0.4) is 0 Å². The molecule has 0 saturated carbocycles. The lowest BCUT2D eigenvalue weighted by atomic mass is 10.1. The van der Waals surface area contributed by atoms with Crippen LogP contribution in [0.1, 0.15) is 31.7 Å². The van der Waals surface area contributed by atoms with Crippen molar-refractivity contribution in [2.24, 2.45) is 5.73 Å². The predicted octanol–water partition coefficient (Wildman–Crippen LogP) is 2.98. The largest absolute Gasteiger partial charge is 0.329 e. The summed E-state index contributed by atoms with van der Waals surface area (Å²) in [4.78, 5) is 0.257. The van der Waals surface area contributed by atoms with Gasteiger partial charge < -0.3 is 5.73 Å². The number of nitrogens with two attached hydrogens (primary N) is 1. The average Bonchev–Trinajstić information content (AvgIpc) is 2.33. The van der Waals surface area contributed by atoms with Crippen LogP contribution in [0.15, 0.2) is 27.6 Å². The molecule has 0 aromatic heterocycles. The summed E-state index contributed by atoms with van der Waals surface area (Å²) in [5.41, 5.74) is 6.63. The summed E-state index contributed by atoms with van der Waals surface area (Å²) in [6.07, 6.45) is 2.74. The Hall–Kier alpha value is -0.140. The van der Waals surface area contributed by atoms with Gasteiger partial charge in [-0.25, -0.2) is 13.1 Å². The molecule has 0 spiro atoms. The van der Waals surface area contributed by atoms with Crippen LogP contribution >= 0.6 is 28.3 Å². The molecule has 0 fully saturated rings. The second-order valence-electron chi connectivity index (χ2n) is 4.63. The molecule has 1 unspecified atom stereocenters. The fourth-order valence-electron chi connectivity index (χ4n) is 1.78. The van der Waals surface area contributed by atoms with Crippen molar-refractivity contribution in [3.8, 4) is 0 Å². The summed E-state index contributed by atoms with van der Waals surface area (Å²) in [6.45, 7) is 4.29. The maximum Gasteiger partial charge on any atom is 0.241 e. The van der Waals surface area contributed by atoms with E-state index in [4.69, 9.17) is 5.73 Å². The van der Waals surface area contributed by atoms with Gasteiger partial charge in [0.1, 0.15) is 0 Å². The van der Waals surface area contributed by atoms with E-state index in [1.807, 2.05) is 6.92 Å². The lowest BCUT2D eigenvalue weighted by molar-refractivity contribution is 0.516. The van der Waals surface area contributed by atoms with Crippen molar-refractivity contribution in [3.05, 3.63) is 28.2 Å². The highest BCUT2D eigenvalue weighted by atomic mass is 79.9. The van der Waals surface area contributed by atoms with E-state index in [2.05, 4.69) is 27.6 Å². The van der Waals surface area contributed by atoms with E-state index < -0.39 is 10.0 Å². The summed E-state index contributed by atoms with van der Waals surface area (Å²) >= 11 is 3.30. The zero-order valence-corrected chi connectivity index (χ0v) is 14.9. The molecule has 1 atom stereocenters. The number of benzene rings is 1. The van der Waals surface area contributed by atoms with Gasteiger partial charge in [-0.2, -0.15) is 0 Å². The summed E-state index contributed by atoms with van der Waals surface area (Å²) < 4.78 is 27.8. The zero-order valence-electron chi connectivity index (χ0n) is 11.7. The van der Waals surface area contributed by atoms with Crippen molar-refractivity contribution in [1.29, 1.82) is 0 Å². The Morgan fingerprint density at radius 1 is 1.40 bits per heavy atom. The van der Waals surface area contributed by atoms with Crippen LogP contribution in [0.25, 0.3) is 0 Å². The third-order valence-corrected chi connectivity index (χ3v) is 5.39. The van der Waals surface area contributed by atoms with Crippen LogP contribution in [-0.4, -0.2) is 21.0 Å². The highest BCUT2D eigenvalue weighted by molar-refractivity contribution is 9.10. The minimum absolute atomic E-state index is 0. The van der Waals surface area contributed by atoms with Crippen LogP contribution in [0.4, 0.5) is 0 Å². The second kappa shape index (κ2) is 9.00. The number of sulfonamides is 1. The van der Waals surface area contributed by atoms with Crippen LogP contribution < -0.4 is 10.5 Å². The molecule has 0 aliphatic heterocycles. The van der Waals surface area contributed by atoms with Crippen molar-refractivity contribution in [1.82, 2.24) is 4.72 Å². The topological polar surface area (TPSA) is 72.2 Å². The molecule has 1 aromatic carbocycles. The molecule has 0 aliphatic rings. The Morgan fingerprint density at radius 2 is 2.05 bits per heavy atom. The molecule has 1 rings (SSSR count). The molecule has 0 saturated heterocycles. The zero-order chi connectivity index (χ0) is 14.5. The highest BCUT2D eigenvalue weighted by Gasteiger charge is 2.21. The van der Waals surface area contributed by atoms with Gasteiger partial charge in [-0.3, -0.25) is 0 Å². The lowest BCUT2D eigenvalue weighted by Crippen LogP contribution is -2.40. The van der Waals surface area contributed by atoms with Crippen LogP contribution in [0.5, 0.6) is 0 Å². The number of hydrogen-bond acceptors (Lipinski definition) is 3. The van der Waals surface area contributed by atoms with Gasteiger partial charge in [0.25, 0.3) is 0 Å². The molecule has 0 heterocycles. The molecule has 0 amide bonds. The van der Waals surface area contributed by atoms with Crippen molar-refractivity contribution >= 4 is 38.4 Å². The van der Waals surface area contributed by atoms with E-state index in [1.54, 1.807) is 18.2 Å². The maximum atomic E-state index is 12.3. The van der Waals surface area contributed by atoms with E-state index >= 15 is 0 Å². The minimum atomic E-state index is -3.53. The van der Waals surface area contributed by atoms with E-state index in [0.29, 0.717) is 11.0 Å². The standard InChI is InChI=1S/C13H21BrN2O2S.ClH/c1-3-4-5-11(9-15)16-19(17,18)13-7-6-10(2)8-12(13)14;/h6-8,11,16H,3-5,9,15H2,1-2H3;1H. The smallest absolute Gasteiger partial charge is 0.241 e. The first kappa shape index (κ1) is 19.9. The van der Waals surface area contributed by atoms with Gasteiger partial charge in [-0.1, -0.05) is 25.8 Å². The number of unbranched alkanes of at least 4 members (excludes halogenated alkanes) is 1. The van der Waals surface area contributed by atoms with E-state index in [0.717, 1.165) is 24.8 Å². The quantitative estimate of drug-likeness (QED) is 0.758. The normalized spacial score (nSPS) is 12.8. The molecule has 3 N–H and O–H groups in total. The SMILES string of the molecule is CCCCC(CN)NS(=O)(=O)c1ccc(C)cc1Br.Cl. The lowest BCUT2D eigenvalue weighted by Gasteiger charge is -2.17. The molecule has 7 heteroatoms. The summed E-state index contributed by atoms with van der Waals surface area (Å²) in [7, 11) is -3.53. The van der Waals surface area contributed by atoms with Crippen LogP contribution in [0.2, 0.25) is 0 Å². The number of hydrogen-bond donors (Lipinski definition) is 2. The highest BCUT2D eigenvalue weighted by Crippen LogP contribution is 2.23. The average molecular weight is 386 g/mol. The third kappa shape index (κ3) is 5.69. The van der Waals surface area contributed by atoms with E-state index in [9.17, 15) is 8.42 Å². The van der Waals surface area contributed by atoms with Gasteiger partial charge in [0.05, 0.1) is 4.90 Å². The first-order valence-corrected chi connectivity index (χ1v) is 8.67. The third-order valence-electron chi connectivity index (χ3n) is 2.89. The van der Waals surface area contributed by atoms with E-state index in [-0.39, 0.29) is 23.3 Å². The minimum Gasteiger partial charge on any atom is -0.329 e. The number of rotatable bonds is 7. The van der Waals surface area contributed by atoms with Gasteiger partial charge in [-0.05, 0) is 47.0 Å². The fraction of sp³-hybridized carbons (Fsp3) is 0.538. The van der Waals surface area contributed by atoms with Gasteiger partial charge >= 0.3 is 0 Å².